The first kappa shape index (κ1) is 24.5. The van der Waals surface area contributed by atoms with E-state index in [1.165, 1.54) is 4.90 Å². The van der Waals surface area contributed by atoms with Crippen molar-refractivity contribution in [3.63, 3.8) is 0 Å². The van der Waals surface area contributed by atoms with E-state index in [0.29, 0.717) is 41.8 Å². The van der Waals surface area contributed by atoms with Crippen molar-refractivity contribution >= 4 is 17.5 Å². The molecule has 1 aliphatic heterocycles. The molecule has 0 aliphatic carbocycles. The predicted octanol–water partition coefficient (Wildman–Crippen LogP) is 2.26. The number of carbonyl (C=O) groups is 1. The third-order valence-corrected chi connectivity index (χ3v) is 6.10. The minimum absolute atomic E-state index is 0.0954. The molecular formula is C25H28N8O4. The van der Waals surface area contributed by atoms with Crippen LogP contribution in [-0.2, 0) is 16.9 Å². The molecule has 1 atom stereocenters. The number of likely N-dealkylation sites (tertiary alicyclic amines) is 1. The van der Waals surface area contributed by atoms with E-state index >= 15 is 0 Å². The van der Waals surface area contributed by atoms with Crippen molar-refractivity contribution in [2.45, 2.75) is 44.9 Å². The van der Waals surface area contributed by atoms with Crippen LogP contribution in [0.1, 0.15) is 31.7 Å². The molecule has 1 unspecified atom stereocenters. The molecule has 1 fully saturated rings. The van der Waals surface area contributed by atoms with Crippen molar-refractivity contribution in [3.05, 3.63) is 54.2 Å². The fourth-order valence-electron chi connectivity index (χ4n) is 4.19. The van der Waals surface area contributed by atoms with E-state index in [4.69, 9.17) is 4.52 Å². The van der Waals surface area contributed by atoms with Gasteiger partial charge in [0, 0.05) is 38.5 Å². The molecule has 0 saturated carbocycles. The first-order valence-electron chi connectivity index (χ1n) is 11.8. The number of pyridine rings is 1. The third-order valence-electron chi connectivity index (χ3n) is 6.10. The first-order valence-corrected chi connectivity index (χ1v) is 11.8. The quantitative estimate of drug-likeness (QED) is 0.341. The summed E-state index contributed by atoms with van der Waals surface area (Å²) in [6, 6.07) is 8.68. The molecule has 5 rings (SSSR count). The second kappa shape index (κ2) is 9.05. The van der Waals surface area contributed by atoms with Gasteiger partial charge in [0.1, 0.15) is 5.69 Å². The summed E-state index contributed by atoms with van der Waals surface area (Å²) in [5, 5.41) is 32.5. The summed E-state index contributed by atoms with van der Waals surface area (Å²) in [6.45, 7) is 6.08. The Bertz CT molecular complexity index is 1460. The van der Waals surface area contributed by atoms with E-state index in [9.17, 15) is 15.0 Å². The monoisotopic (exact) mass is 504 g/mol. The number of nitrogens with zero attached hydrogens (tertiary/aromatic N) is 7. The van der Waals surface area contributed by atoms with Crippen molar-refractivity contribution in [3.8, 4) is 22.8 Å². The Morgan fingerprint density at radius 1 is 1.16 bits per heavy atom. The molecule has 12 nitrogen and oxygen atoms in total. The molecule has 1 amide bonds. The number of hydrogen-bond donors (Lipinski definition) is 3. The van der Waals surface area contributed by atoms with E-state index in [1.807, 2.05) is 19.1 Å². The van der Waals surface area contributed by atoms with Gasteiger partial charge in [0.15, 0.2) is 5.76 Å². The molecule has 192 valence electrons. The number of nitrogens with one attached hydrogen (secondary N) is 1. The lowest BCUT2D eigenvalue weighted by molar-refractivity contribution is -0.144. The van der Waals surface area contributed by atoms with E-state index in [0.717, 1.165) is 11.4 Å². The number of hydrogen-bond acceptors (Lipinski definition) is 10. The fourth-order valence-corrected chi connectivity index (χ4v) is 4.19. The molecule has 0 spiro atoms. The lowest BCUT2D eigenvalue weighted by atomic mass is 9.98. The maximum absolute atomic E-state index is 12.4. The molecule has 37 heavy (non-hydrogen) atoms. The number of aryl methyl sites for hydroxylation is 1. The van der Waals surface area contributed by atoms with Crippen molar-refractivity contribution in [1.29, 1.82) is 0 Å². The highest BCUT2D eigenvalue weighted by Crippen LogP contribution is 2.34. The highest BCUT2D eigenvalue weighted by Gasteiger charge is 2.48. The van der Waals surface area contributed by atoms with Gasteiger partial charge >= 0.3 is 0 Å². The lowest BCUT2D eigenvalue weighted by Gasteiger charge is -2.16. The zero-order chi connectivity index (χ0) is 26.4. The number of aliphatic hydroxyl groups is 2. The normalized spacial score (nSPS) is 18.0. The average Bonchev–Trinajstić information content (AvgIpc) is 3.54. The van der Waals surface area contributed by atoms with E-state index in [2.05, 4.69) is 30.5 Å². The summed E-state index contributed by atoms with van der Waals surface area (Å²) in [5.74, 6) is 0.0438. The van der Waals surface area contributed by atoms with Crippen molar-refractivity contribution in [2.24, 2.45) is 0 Å². The van der Waals surface area contributed by atoms with Gasteiger partial charge in [-0.1, -0.05) is 11.2 Å². The Labute approximate surface area is 213 Å². The van der Waals surface area contributed by atoms with Crippen molar-refractivity contribution < 1.29 is 19.5 Å². The second-order valence-electron chi connectivity index (χ2n) is 9.85. The summed E-state index contributed by atoms with van der Waals surface area (Å²) in [4.78, 5) is 27.4. The van der Waals surface area contributed by atoms with Crippen molar-refractivity contribution in [1.82, 2.24) is 34.8 Å². The van der Waals surface area contributed by atoms with Gasteiger partial charge in [0.2, 0.25) is 11.5 Å². The molecule has 4 aromatic rings. The van der Waals surface area contributed by atoms with Gasteiger partial charge in [0.25, 0.3) is 5.91 Å². The lowest BCUT2D eigenvalue weighted by Crippen LogP contribution is -2.35. The minimum Gasteiger partial charge on any atom is -0.389 e. The number of rotatable bonds is 7. The highest BCUT2D eigenvalue weighted by molar-refractivity contribution is 5.87. The smallest absolute Gasteiger partial charge is 0.262 e. The van der Waals surface area contributed by atoms with Crippen LogP contribution in [-0.4, -0.2) is 70.1 Å². The maximum atomic E-state index is 12.4. The zero-order valence-corrected chi connectivity index (χ0v) is 21.0. The molecule has 12 heteroatoms. The van der Waals surface area contributed by atoms with Gasteiger partial charge in [-0.2, -0.15) is 5.10 Å². The minimum atomic E-state index is -1.72. The Morgan fingerprint density at radius 2 is 1.89 bits per heavy atom. The van der Waals surface area contributed by atoms with Crippen LogP contribution in [0, 0.1) is 6.92 Å². The Morgan fingerprint density at radius 3 is 2.59 bits per heavy atom. The van der Waals surface area contributed by atoms with Crippen LogP contribution in [0.15, 0.2) is 47.2 Å². The number of likely N-dealkylation sites (N-methyl/N-ethyl adjacent to an activating group) is 1. The van der Waals surface area contributed by atoms with Crippen molar-refractivity contribution in [2.75, 3.05) is 18.9 Å². The highest BCUT2D eigenvalue weighted by atomic mass is 16.5. The molecule has 0 radical (unpaired) electrons. The van der Waals surface area contributed by atoms with Gasteiger partial charge in [-0.15, -0.1) is 0 Å². The standard InChI is InChI=1S/C25H28N8O4/c1-15-20(13-33(30-15)14-24(2,3)35)29-23-26-10-8-18(28-23)16-6-5-7-17(27-16)19-12-21(37-31-19)25(36)9-11-32(4)22(25)34/h5-8,10,12-13,35-36H,9,11,14H2,1-4H3,(H,26,28,29). The third kappa shape index (κ3) is 4.93. The maximum Gasteiger partial charge on any atom is 0.262 e. The van der Waals surface area contributed by atoms with E-state index < -0.39 is 17.1 Å². The number of amides is 1. The molecule has 0 bridgehead atoms. The van der Waals surface area contributed by atoms with E-state index in [-0.39, 0.29) is 12.2 Å². The second-order valence-corrected chi connectivity index (χ2v) is 9.85. The summed E-state index contributed by atoms with van der Waals surface area (Å²) in [7, 11) is 1.64. The molecule has 1 aliphatic rings. The summed E-state index contributed by atoms with van der Waals surface area (Å²) >= 11 is 0. The van der Waals surface area contributed by atoms with Gasteiger partial charge < -0.3 is 25.0 Å². The number of anilines is 2. The Balaban J connectivity index is 1.38. The molecule has 5 heterocycles. The summed E-state index contributed by atoms with van der Waals surface area (Å²) in [5.41, 5.74) is 0.921. The van der Waals surface area contributed by atoms with E-state index in [1.54, 1.807) is 56.2 Å². The number of carbonyl (C=O) groups excluding carboxylic acids is 1. The molecule has 1 saturated heterocycles. The van der Waals surface area contributed by atoms with Crippen LogP contribution in [0.5, 0.6) is 0 Å². The SMILES string of the molecule is Cc1nn(CC(C)(C)O)cc1Nc1nccc(-c2cccc(-c3cc(C4(O)CCN(C)C4=O)on3)n2)n1. The Kier molecular flexibility index (Phi) is 6.00. The van der Waals surface area contributed by atoms with Gasteiger partial charge in [0.05, 0.1) is 40.6 Å². The van der Waals surface area contributed by atoms with Gasteiger partial charge in [-0.25, -0.2) is 15.0 Å². The zero-order valence-electron chi connectivity index (χ0n) is 21.0. The fraction of sp³-hybridized carbons (Fsp3) is 0.360. The van der Waals surface area contributed by atoms with Gasteiger partial charge in [-0.3, -0.25) is 9.48 Å². The number of aromatic nitrogens is 6. The topological polar surface area (TPSA) is 155 Å². The predicted molar refractivity (Wildman–Crippen MR) is 133 cm³/mol. The Hall–Kier alpha value is -4.16. The molecule has 4 aromatic heterocycles. The summed E-state index contributed by atoms with van der Waals surface area (Å²) < 4.78 is 7.03. The first-order chi connectivity index (χ1) is 17.5. The van der Waals surface area contributed by atoms with Gasteiger partial charge in [-0.05, 0) is 39.0 Å². The van der Waals surface area contributed by atoms with Crippen LogP contribution in [0.3, 0.4) is 0 Å². The average molecular weight is 505 g/mol. The van der Waals surface area contributed by atoms with Crippen LogP contribution >= 0.6 is 0 Å². The summed E-state index contributed by atoms with van der Waals surface area (Å²) in [6.07, 6.45) is 3.66. The molecule has 0 aromatic carbocycles. The van der Waals surface area contributed by atoms with Crippen LogP contribution < -0.4 is 5.32 Å². The largest absolute Gasteiger partial charge is 0.389 e. The van der Waals surface area contributed by atoms with Crippen LogP contribution in [0.2, 0.25) is 0 Å². The molecular weight excluding hydrogens is 476 g/mol. The van der Waals surface area contributed by atoms with Crippen LogP contribution in [0.25, 0.3) is 22.8 Å². The van der Waals surface area contributed by atoms with Crippen LogP contribution in [0.4, 0.5) is 11.6 Å². The molecule has 3 N–H and O–H groups in total.